The molecule has 0 saturated heterocycles. The summed E-state index contributed by atoms with van der Waals surface area (Å²) >= 11 is 6.05. The number of halogens is 1. The summed E-state index contributed by atoms with van der Waals surface area (Å²) in [5, 5.41) is 17.5. The molecule has 5 nitrogen and oxygen atoms in total. The SMILES string of the molecule is Cc1cccc(-c2nnc3c(Cl)cc(C(=O)O)cn23)c1. The minimum Gasteiger partial charge on any atom is -0.478 e. The van der Waals surface area contributed by atoms with Crippen LogP contribution < -0.4 is 0 Å². The molecular formula is C14H10ClN3O2. The Hall–Kier alpha value is -2.40. The molecule has 0 aliphatic carbocycles. The molecule has 1 N–H and O–H groups in total. The molecule has 0 aliphatic rings. The first-order valence-corrected chi connectivity index (χ1v) is 6.28. The minimum absolute atomic E-state index is 0.0937. The Labute approximate surface area is 119 Å². The van der Waals surface area contributed by atoms with Gasteiger partial charge in [0.1, 0.15) is 0 Å². The molecule has 0 radical (unpaired) electrons. The van der Waals surface area contributed by atoms with Crippen LogP contribution in [0.25, 0.3) is 17.0 Å². The Bertz CT molecular complexity index is 826. The van der Waals surface area contributed by atoms with Crippen LogP contribution in [-0.2, 0) is 0 Å². The van der Waals surface area contributed by atoms with Crippen molar-refractivity contribution < 1.29 is 9.90 Å². The third kappa shape index (κ3) is 2.02. The predicted molar refractivity (Wildman–Crippen MR) is 75.1 cm³/mol. The van der Waals surface area contributed by atoms with Crippen molar-refractivity contribution in [1.29, 1.82) is 0 Å². The molecule has 3 aromatic rings. The van der Waals surface area contributed by atoms with Crippen molar-refractivity contribution in [3.05, 3.63) is 52.7 Å². The number of hydrogen-bond donors (Lipinski definition) is 1. The van der Waals surface area contributed by atoms with Gasteiger partial charge in [0.2, 0.25) is 0 Å². The zero-order valence-electron chi connectivity index (χ0n) is 10.5. The number of hydrogen-bond acceptors (Lipinski definition) is 3. The number of carboxylic acid groups (broad SMARTS) is 1. The Kier molecular flexibility index (Phi) is 2.91. The minimum atomic E-state index is -1.04. The summed E-state index contributed by atoms with van der Waals surface area (Å²) in [6.07, 6.45) is 1.47. The highest BCUT2D eigenvalue weighted by Gasteiger charge is 2.14. The van der Waals surface area contributed by atoms with E-state index in [0.29, 0.717) is 11.5 Å². The molecule has 0 atom stereocenters. The fourth-order valence-electron chi connectivity index (χ4n) is 2.05. The number of nitrogens with zero attached hydrogens (tertiary/aromatic N) is 3. The van der Waals surface area contributed by atoms with Gasteiger partial charge in [-0.2, -0.15) is 0 Å². The van der Waals surface area contributed by atoms with E-state index < -0.39 is 5.97 Å². The van der Waals surface area contributed by atoms with Gasteiger partial charge in [-0.1, -0.05) is 35.4 Å². The average Bonchev–Trinajstić information content (AvgIpc) is 2.83. The van der Waals surface area contributed by atoms with Gasteiger partial charge in [0, 0.05) is 11.8 Å². The third-order valence-electron chi connectivity index (χ3n) is 2.98. The molecule has 0 spiro atoms. The topological polar surface area (TPSA) is 67.5 Å². The lowest BCUT2D eigenvalue weighted by atomic mass is 10.1. The van der Waals surface area contributed by atoms with Gasteiger partial charge in [0.05, 0.1) is 10.6 Å². The number of fused-ring (bicyclic) bond motifs is 1. The molecule has 0 bridgehead atoms. The number of carbonyl (C=O) groups is 1. The van der Waals surface area contributed by atoms with Crippen LogP contribution in [0.15, 0.2) is 36.5 Å². The molecular weight excluding hydrogens is 278 g/mol. The lowest BCUT2D eigenvalue weighted by Gasteiger charge is -2.03. The summed E-state index contributed by atoms with van der Waals surface area (Å²) < 4.78 is 1.60. The third-order valence-corrected chi connectivity index (χ3v) is 3.26. The van der Waals surface area contributed by atoms with Gasteiger partial charge >= 0.3 is 5.97 Å². The number of benzene rings is 1. The van der Waals surface area contributed by atoms with Crippen molar-refractivity contribution in [2.24, 2.45) is 0 Å². The smallest absolute Gasteiger partial charge is 0.337 e. The first kappa shape index (κ1) is 12.6. The van der Waals surface area contributed by atoms with Gasteiger partial charge in [0.15, 0.2) is 11.5 Å². The van der Waals surface area contributed by atoms with Crippen molar-refractivity contribution in [3.63, 3.8) is 0 Å². The Morgan fingerprint density at radius 3 is 2.80 bits per heavy atom. The lowest BCUT2D eigenvalue weighted by Crippen LogP contribution is -2.00. The molecule has 2 aromatic heterocycles. The highest BCUT2D eigenvalue weighted by molar-refractivity contribution is 6.33. The second-order valence-corrected chi connectivity index (χ2v) is 4.88. The molecule has 0 fully saturated rings. The maximum atomic E-state index is 11.1. The van der Waals surface area contributed by atoms with Gasteiger partial charge in [0.25, 0.3) is 0 Å². The van der Waals surface area contributed by atoms with Crippen molar-refractivity contribution in [1.82, 2.24) is 14.6 Å². The molecule has 1 aromatic carbocycles. The molecule has 6 heteroatoms. The zero-order chi connectivity index (χ0) is 14.3. The van der Waals surface area contributed by atoms with E-state index in [-0.39, 0.29) is 10.6 Å². The maximum absolute atomic E-state index is 11.1. The van der Waals surface area contributed by atoms with E-state index in [1.54, 1.807) is 4.40 Å². The normalized spacial score (nSPS) is 10.9. The molecule has 0 saturated carbocycles. The van der Waals surface area contributed by atoms with E-state index >= 15 is 0 Å². The van der Waals surface area contributed by atoms with Gasteiger partial charge in [-0.3, -0.25) is 4.40 Å². The molecule has 100 valence electrons. The Morgan fingerprint density at radius 2 is 2.10 bits per heavy atom. The first-order chi connectivity index (χ1) is 9.56. The number of aromatic carboxylic acids is 1. The van der Waals surface area contributed by atoms with Crippen LogP contribution in [0, 0.1) is 6.92 Å². The van der Waals surface area contributed by atoms with Crippen molar-refractivity contribution in [2.45, 2.75) is 6.92 Å². The van der Waals surface area contributed by atoms with E-state index in [4.69, 9.17) is 16.7 Å². The van der Waals surface area contributed by atoms with Gasteiger partial charge in [-0.05, 0) is 19.1 Å². The second-order valence-electron chi connectivity index (χ2n) is 4.47. The Balaban J connectivity index is 2.29. The van der Waals surface area contributed by atoms with Crippen molar-refractivity contribution >= 4 is 23.2 Å². The summed E-state index contributed by atoms with van der Waals surface area (Å²) in [6.45, 7) is 1.97. The predicted octanol–water partition coefficient (Wildman–Crippen LogP) is 3.06. The van der Waals surface area contributed by atoms with E-state index in [0.717, 1.165) is 11.1 Å². The quantitative estimate of drug-likeness (QED) is 0.786. The Morgan fingerprint density at radius 1 is 1.30 bits per heavy atom. The summed E-state index contributed by atoms with van der Waals surface area (Å²) in [5.41, 5.74) is 2.47. The van der Waals surface area contributed by atoms with Gasteiger partial charge in [-0.25, -0.2) is 4.79 Å². The highest BCUT2D eigenvalue weighted by Crippen LogP contribution is 2.24. The number of carboxylic acids is 1. The second kappa shape index (κ2) is 4.61. The molecule has 2 heterocycles. The number of rotatable bonds is 2. The maximum Gasteiger partial charge on any atom is 0.337 e. The molecule has 3 rings (SSSR count). The zero-order valence-corrected chi connectivity index (χ0v) is 11.3. The van der Waals surface area contributed by atoms with Crippen LogP contribution >= 0.6 is 11.6 Å². The first-order valence-electron chi connectivity index (χ1n) is 5.91. The molecule has 20 heavy (non-hydrogen) atoms. The summed E-state index contributed by atoms with van der Waals surface area (Å²) in [7, 11) is 0. The number of aromatic nitrogens is 3. The van der Waals surface area contributed by atoms with Crippen LogP contribution in [0.4, 0.5) is 0 Å². The summed E-state index contributed by atoms with van der Waals surface area (Å²) in [4.78, 5) is 11.1. The number of aryl methyl sites for hydroxylation is 1. The standard InChI is InChI=1S/C14H10ClN3O2/c1-8-3-2-4-9(5-8)12-16-17-13-11(15)6-10(14(19)20)7-18(12)13/h2-7H,1H3,(H,19,20). The average molecular weight is 288 g/mol. The molecule has 0 aliphatic heterocycles. The fourth-order valence-corrected chi connectivity index (χ4v) is 2.30. The van der Waals surface area contributed by atoms with E-state index in [1.165, 1.54) is 12.3 Å². The van der Waals surface area contributed by atoms with Crippen LogP contribution in [0.2, 0.25) is 5.02 Å². The van der Waals surface area contributed by atoms with Crippen LogP contribution in [0.5, 0.6) is 0 Å². The monoisotopic (exact) mass is 287 g/mol. The van der Waals surface area contributed by atoms with E-state index in [9.17, 15) is 4.79 Å². The molecule has 0 unspecified atom stereocenters. The highest BCUT2D eigenvalue weighted by atomic mass is 35.5. The van der Waals surface area contributed by atoms with Crippen LogP contribution in [0.3, 0.4) is 0 Å². The number of pyridine rings is 1. The van der Waals surface area contributed by atoms with Crippen molar-refractivity contribution in [3.8, 4) is 11.4 Å². The van der Waals surface area contributed by atoms with E-state index in [1.807, 2.05) is 31.2 Å². The van der Waals surface area contributed by atoms with Crippen LogP contribution in [-0.4, -0.2) is 25.7 Å². The van der Waals surface area contributed by atoms with Gasteiger partial charge < -0.3 is 5.11 Å². The van der Waals surface area contributed by atoms with Crippen molar-refractivity contribution in [2.75, 3.05) is 0 Å². The summed E-state index contributed by atoms with van der Waals surface area (Å²) in [5.74, 6) is -0.480. The van der Waals surface area contributed by atoms with Crippen LogP contribution in [0.1, 0.15) is 15.9 Å². The molecule has 0 amide bonds. The fraction of sp³-hybridized carbons (Fsp3) is 0.0714. The largest absolute Gasteiger partial charge is 0.478 e. The summed E-state index contributed by atoms with van der Waals surface area (Å²) in [6, 6.07) is 9.10. The van der Waals surface area contributed by atoms with Gasteiger partial charge in [-0.15, -0.1) is 10.2 Å². The van der Waals surface area contributed by atoms with E-state index in [2.05, 4.69) is 10.2 Å². The lowest BCUT2D eigenvalue weighted by molar-refractivity contribution is 0.0696.